The molecule has 0 aliphatic carbocycles. The van der Waals surface area contributed by atoms with E-state index in [0.29, 0.717) is 11.3 Å². The van der Waals surface area contributed by atoms with Crippen LogP contribution in [0.1, 0.15) is 15.9 Å². The van der Waals surface area contributed by atoms with Crippen molar-refractivity contribution in [2.75, 3.05) is 5.32 Å². The highest BCUT2D eigenvalue weighted by atomic mass is 19.4. The van der Waals surface area contributed by atoms with Crippen LogP contribution in [0.4, 0.5) is 29.3 Å². The van der Waals surface area contributed by atoms with Crippen molar-refractivity contribution in [3.8, 4) is 22.5 Å². The largest absolute Gasteiger partial charge is 0.423 e. The lowest BCUT2D eigenvalue weighted by Crippen LogP contribution is -2.16. The van der Waals surface area contributed by atoms with Crippen molar-refractivity contribution in [2.24, 2.45) is 5.73 Å². The topological polar surface area (TPSA) is 94.0 Å². The van der Waals surface area contributed by atoms with Crippen LogP contribution < -0.4 is 11.1 Å². The van der Waals surface area contributed by atoms with Crippen molar-refractivity contribution in [3.05, 3.63) is 84.1 Å². The standard InChI is InChI=1S/C22H14F4N4O2/c23-16-7-6-12(19-14(20(27)31)4-1-5-15(19)22(24,25)26)9-17(16)30-21-29-11-18(32-21)13-3-2-8-28-10-13/h1-11H,(H2,27,31)(H,29,30). The average Bonchev–Trinajstić information content (AvgIpc) is 3.23. The molecule has 3 N–H and O–H groups in total. The maximum Gasteiger partial charge on any atom is 0.417 e. The number of alkyl halides is 3. The van der Waals surface area contributed by atoms with E-state index in [1.165, 1.54) is 12.3 Å². The molecule has 0 unspecified atom stereocenters. The highest BCUT2D eigenvalue weighted by Crippen LogP contribution is 2.40. The molecule has 0 atom stereocenters. The molecule has 162 valence electrons. The Bertz CT molecular complexity index is 1290. The Morgan fingerprint density at radius 1 is 1.03 bits per heavy atom. The van der Waals surface area contributed by atoms with Gasteiger partial charge >= 0.3 is 6.18 Å². The summed E-state index contributed by atoms with van der Waals surface area (Å²) in [5.41, 5.74) is 3.81. The first-order valence-electron chi connectivity index (χ1n) is 9.17. The summed E-state index contributed by atoms with van der Waals surface area (Å²) in [5, 5.41) is 2.61. The Morgan fingerprint density at radius 2 is 1.84 bits per heavy atom. The molecule has 0 bridgehead atoms. The van der Waals surface area contributed by atoms with E-state index >= 15 is 0 Å². The molecule has 2 aromatic heterocycles. The number of aromatic nitrogens is 2. The predicted octanol–water partition coefficient (Wildman–Crippen LogP) is 5.40. The number of nitrogens with one attached hydrogen (secondary N) is 1. The van der Waals surface area contributed by atoms with E-state index in [4.69, 9.17) is 10.2 Å². The number of carbonyl (C=O) groups is 1. The predicted molar refractivity (Wildman–Crippen MR) is 108 cm³/mol. The van der Waals surface area contributed by atoms with E-state index in [1.807, 2.05) is 0 Å². The molecule has 0 aliphatic heterocycles. The van der Waals surface area contributed by atoms with Gasteiger partial charge in [-0.15, -0.1) is 0 Å². The first-order valence-corrected chi connectivity index (χ1v) is 9.17. The third-order valence-electron chi connectivity index (χ3n) is 4.58. The third-order valence-corrected chi connectivity index (χ3v) is 4.58. The molecule has 32 heavy (non-hydrogen) atoms. The first-order chi connectivity index (χ1) is 15.2. The lowest BCUT2D eigenvalue weighted by atomic mass is 9.93. The van der Waals surface area contributed by atoms with Crippen LogP contribution in [0.5, 0.6) is 0 Å². The molecule has 0 spiro atoms. The van der Waals surface area contributed by atoms with Crippen LogP contribution in [0, 0.1) is 5.82 Å². The molecule has 2 heterocycles. The van der Waals surface area contributed by atoms with Crippen molar-refractivity contribution >= 4 is 17.6 Å². The van der Waals surface area contributed by atoms with Gasteiger partial charge in [0.05, 0.1) is 17.4 Å². The van der Waals surface area contributed by atoms with Gasteiger partial charge in [0.2, 0.25) is 5.91 Å². The van der Waals surface area contributed by atoms with E-state index in [9.17, 15) is 22.4 Å². The van der Waals surface area contributed by atoms with Gasteiger partial charge in [0.1, 0.15) is 5.82 Å². The average molecular weight is 442 g/mol. The van der Waals surface area contributed by atoms with E-state index in [0.717, 1.165) is 30.3 Å². The highest BCUT2D eigenvalue weighted by Gasteiger charge is 2.35. The van der Waals surface area contributed by atoms with Gasteiger partial charge in [0.25, 0.3) is 6.01 Å². The van der Waals surface area contributed by atoms with Gasteiger partial charge in [0, 0.05) is 29.1 Å². The number of anilines is 2. The fraction of sp³-hybridized carbons (Fsp3) is 0.0455. The Morgan fingerprint density at radius 3 is 2.53 bits per heavy atom. The molecule has 4 aromatic rings. The van der Waals surface area contributed by atoms with Gasteiger partial charge in [-0.1, -0.05) is 12.1 Å². The maximum absolute atomic E-state index is 14.4. The fourth-order valence-electron chi connectivity index (χ4n) is 3.17. The zero-order chi connectivity index (χ0) is 22.9. The summed E-state index contributed by atoms with van der Waals surface area (Å²) in [6, 6.07) is 9.67. The van der Waals surface area contributed by atoms with Crippen molar-refractivity contribution in [1.82, 2.24) is 9.97 Å². The molecule has 2 aromatic carbocycles. The van der Waals surface area contributed by atoms with E-state index in [-0.39, 0.29) is 22.8 Å². The normalized spacial score (nSPS) is 11.4. The smallest absolute Gasteiger partial charge is 0.417 e. The summed E-state index contributed by atoms with van der Waals surface area (Å²) in [7, 11) is 0. The Hall–Kier alpha value is -4.21. The maximum atomic E-state index is 14.4. The summed E-state index contributed by atoms with van der Waals surface area (Å²) >= 11 is 0. The lowest BCUT2D eigenvalue weighted by molar-refractivity contribution is -0.137. The Labute approximate surface area is 178 Å². The number of oxazole rings is 1. The molecule has 4 rings (SSSR count). The number of nitrogens with two attached hydrogens (primary N) is 1. The van der Waals surface area contributed by atoms with Crippen LogP contribution in [-0.4, -0.2) is 15.9 Å². The van der Waals surface area contributed by atoms with Crippen molar-refractivity contribution in [1.29, 1.82) is 0 Å². The van der Waals surface area contributed by atoms with E-state index < -0.39 is 29.0 Å². The number of rotatable bonds is 5. The quantitative estimate of drug-likeness (QED) is 0.404. The minimum Gasteiger partial charge on any atom is -0.423 e. The van der Waals surface area contributed by atoms with Crippen LogP contribution in [0.3, 0.4) is 0 Å². The molecule has 0 fully saturated rings. The molecule has 0 aliphatic rings. The number of hydrogen-bond donors (Lipinski definition) is 2. The monoisotopic (exact) mass is 442 g/mol. The molecule has 0 radical (unpaired) electrons. The minimum atomic E-state index is -4.76. The van der Waals surface area contributed by atoms with E-state index in [2.05, 4.69) is 15.3 Å². The zero-order valence-electron chi connectivity index (χ0n) is 16.2. The molecule has 10 heteroatoms. The molecule has 1 amide bonds. The summed E-state index contributed by atoms with van der Waals surface area (Å²) in [6.07, 6.45) is -0.237. The number of benzene rings is 2. The number of halogens is 4. The zero-order valence-corrected chi connectivity index (χ0v) is 16.2. The summed E-state index contributed by atoms with van der Waals surface area (Å²) in [5.74, 6) is -1.45. The van der Waals surface area contributed by atoms with Crippen LogP contribution in [-0.2, 0) is 6.18 Å². The fourth-order valence-corrected chi connectivity index (χ4v) is 3.17. The highest BCUT2D eigenvalue weighted by molar-refractivity contribution is 6.01. The summed E-state index contributed by atoms with van der Waals surface area (Å²) in [4.78, 5) is 19.8. The Balaban J connectivity index is 1.75. The van der Waals surface area contributed by atoms with E-state index in [1.54, 1.807) is 24.5 Å². The molecular weight excluding hydrogens is 428 g/mol. The molecule has 0 saturated heterocycles. The second-order valence-electron chi connectivity index (χ2n) is 6.68. The van der Waals surface area contributed by atoms with Crippen LogP contribution >= 0.6 is 0 Å². The summed E-state index contributed by atoms with van der Waals surface area (Å²) < 4.78 is 60.8. The van der Waals surface area contributed by atoms with Gasteiger partial charge < -0.3 is 15.5 Å². The second kappa shape index (κ2) is 8.14. The molecule has 6 nitrogen and oxygen atoms in total. The molecule has 0 saturated carbocycles. The van der Waals surface area contributed by atoms with Crippen molar-refractivity contribution < 1.29 is 26.8 Å². The van der Waals surface area contributed by atoms with Gasteiger partial charge in [-0.05, 0) is 42.0 Å². The van der Waals surface area contributed by atoms with Gasteiger partial charge in [-0.2, -0.15) is 13.2 Å². The SMILES string of the molecule is NC(=O)c1cccc(C(F)(F)F)c1-c1ccc(F)c(Nc2ncc(-c3cccnc3)o2)c1. The van der Waals surface area contributed by atoms with Gasteiger partial charge in [-0.3, -0.25) is 9.78 Å². The number of primary amides is 1. The van der Waals surface area contributed by atoms with Crippen LogP contribution in [0.2, 0.25) is 0 Å². The van der Waals surface area contributed by atoms with Gasteiger partial charge in [0.15, 0.2) is 5.76 Å². The van der Waals surface area contributed by atoms with Crippen molar-refractivity contribution in [2.45, 2.75) is 6.18 Å². The third kappa shape index (κ3) is 4.15. The number of carbonyl (C=O) groups excluding carboxylic acids is 1. The van der Waals surface area contributed by atoms with Gasteiger partial charge in [-0.25, -0.2) is 9.37 Å². The lowest BCUT2D eigenvalue weighted by Gasteiger charge is -2.17. The first kappa shape index (κ1) is 21.0. The Kier molecular flexibility index (Phi) is 5.35. The van der Waals surface area contributed by atoms with Crippen LogP contribution in [0.15, 0.2) is 71.5 Å². The minimum absolute atomic E-state index is 0.0605. The summed E-state index contributed by atoms with van der Waals surface area (Å²) in [6.45, 7) is 0. The van der Waals surface area contributed by atoms with Crippen molar-refractivity contribution in [3.63, 3.8) is 0 Å². The second-order valence-corrected chi connectivity index (χ2v) is 6.68. The number of amides is 1. The molecular formula is C22H14F4N4O2. The number of pyridine rings is 1. The van der Waals surface area contributed by atoms with Crippen LogP contribution in [0.25, 0.3) is 22.5 Å². The number of nitrogens with zero attached hydrogens (tertiary/aromatic N) is 2. The number of hydrogen-bond acceptors (Lipinski definition) is 5.